The Hall–Kier alpha value is -3.25. The number of fused-ring (bicyclic) bond motifs is 3. The second-order valence-corrected chi connectivity index (χ2v) is 8.02. The highest BCUT2D eigenvalue weighted by Gasteiger charge is 2.40. The van der Waals surface area contributed by atoms with Crippen LogP contribution in [0.15, 0.2) is 35.1 Å². The molecule has 1 unspecified atom stereocenters. The second kappa shape index (κ2) is 8.63. The molecule has 30 heavy (non-hydrogen) atoms. The molecule has 9 heteroatoms. The molecule has 4 rings (SSSR count). The lowest BCUT2D eigenvalue weighted by Crippen LogP contribution is -2.47. The van der Waals surface area contributed by atoms with Crippen molar-refractivity contribution < 1.29 is 0 Å². The number of aromatic nitrogens is 3. The number of hydrogen-bond acceptors (Lipinski definition) is 8. The van der Waals surface area contributed by atoms with Gasteiger partial charge in [-0.2, -0.15) is 20.2 Å². The van der Waals surface area contributed by atoms with Gasteiger partial charge in [-0.3, -0.25) is 4.90 Å². The third-order valence-electron chi connectivity index (χ3n) is 5.77. The van der Waals surface area contributed by atoms with E-state index in [0.29, 0.717) is 35.9 Å². The third-order valence-corrected chi connectivity index (χ3v) is 5.77. The van der Waals surface area contributed by atoms with Crippen LogP contribution in [0.3, 0.4) is 0 Å². The molecule has 0 aromatic carbocycles. The van der Waals surface area contributed by atoms with Crippen LogP contribution in [0.4, 0.5) is 11.8 Å². The Morgan fingerprint density at radius 3 is 2.80 bits per heavy atom. The minimum absolute atomic E-state index is 0.250. The van der Waals surface area contributed by atoms with Crippen LogP contribution in [-0.2, 0) is 0 Å². The van der Waals surface area contributed by atoms with Crippen molar-refractivity contribution in [2.75, 3.05) is 11.9 Å². The summed E-state index contributed by atoms with van der Waals surface area (Å²) < 4.78 is 0. The summed E-state index contributed by atoms with van der Waals surface area (Å²) in [6.07, 6.45) is 8.32. The summed E-state index contributed by atoms with van der Waals surface area (Å²) in [5, 5.41) is 13.4. The summed E-state index contributed by atoms with van der Waals surface area (Å²) in [4.78, 5) is 20.2. The standard InChI is InChI=1S/C21H27N9/c1-13(23)10-18(24)27-21-28-19-17(4-2-8-25-19)20(29-21)26-14-11-15-5-6-16(12-14)30(15)9-3-7-22/h2,4,8,10,14-16H,3,5-6,9,11-12,23H2,1H3,(H3,24,25,26,27,28,29)/b13-10-/t14?,15-,16+. The average Bonchev–Trinajstić information content (AvgIpc) is 2.93. The van der Waals surface area contributed by atoms with Gasteiger partial charge in [-0.1, -0.05) is 0 Å². The molecule has 2 aromatic heterocycles. The van der Waals surface area contributed by atoms with Crippen molar-refractivity contribution in [1.29, 1.82) is 5.26 Å². The Kier molecular flexibility index (Phi) is 5.77. The number of allylic oxidation sites excluding steroid dienone is 1. The van der Waals surface area contributed by atoms with Gasteiger partial charge in [0.05, 0.1) is 11.5 Å². The van der Waals surface area contributed by atoms with Crippen LogP contribution in [0.2, 0.25) is 0 Å². The number of nitrogens with two attached hydrogens (primary N) is 2. The summed E-state index contributed by atoms with van der Waals surface area (Å²) in [5.41, 5.74) is 12.7. The fraction of sp³-hybridized carbons (Fsp3) is 0.476. The molecule has 5 N–H and O–H groups in total. The molecule has 2 bridgehead atoms. The SMILES string of the molecule is C/C(N)=C/C(N)=Nc1nc(NC2C[C@H]3CC[C@@H](C2)N3CCC#N)c2cccnc2n1. The van der Waals surface area contributed by atoms with Gasteiger partial charge in [-0.15, -0.1) is 0 Å². The van der Waals surface area contributed by atoms with Crippen LogP contribution in [0.25, 0.3) is 11.0 Å². The number of rotatable bonds is 6. The fourth-order valence-corrected chi connectivity index (χ4v) is 4.62. The molecule has 0 aliphatic carbocycles. The van der Waals surface area contributed by atoms with E-state index in [4.69, 9.17) is 16.7 Å². The monoisotopic (exact) mass is 405 g/mol. The van der Waals surface area contributed by atoms with Gasteiger partial charge in [0.2, 0.25) is 0 Å². The first-order valence-corrected chi connectivity index (χ1v) is 10.3. The lowest BCUT2D eigenvalue weighted by Gasteiger charge is -2.39. The van der Waals surface area contributed by atoms with Crippen molar-refractivity contribution >= 4 is 28.6 Å². The first-order chi connectivity index (χ1) is 14.5. The van der Waals surface area contributed by atoms with E-state index in [9.17, 15) is 0 Å². The minimum Gasteiger partial charge on any atom is -0.402 e. The Balaban J connectivity index is 1.58. The number of nitrogens with zero attached hydrogens (tertiary/aromatic N) is 6. The number of nitrogens with one attached hydrogen (secondary N) is 1. The second-order valence-electron chi connectivity index (χ2n) is 8.02. The Morgan fingerprint density at radius 1 is 1.33 bits per heavy atom. The maximum absolute atomic E-state index is 8.93. The molecule has 0 spiro atoms. The van der Waals surface area contributed by atoms with Gasteiger partial charge in [0.25, 0.3) is 5.95 Å². The molecule has 2 aliphatic heterocycles. The highest BCUT2D eigenvalue weighted by Crippen LogP contribution is 2.37. The van der Waals surface area contributed by atoms with Crippen LogP contribution >= 0.6 is 0 Å². The predicted octanol–water partition coefficient (Wildman–Crippen LogP) is 2.20. The molecule has 4 heterocycles. The van der Waals surface area contributed by atoms with Gasteiger partial charge in [0.15, 0.2) is 5.65 Å². The van der Waals surface area contributed by atoms with Gasteiger partial charge in [0.1, 0.15) is 11.7 Å². The molecule has 9 nitrogen and oxygen atoms in total. The number of anilines is 1. The number of nitriles is 1. The summed E-state index contributed by atoms with van der Waals surface area (Å²) in [6, 6.07) is 7.46. The van der Waals surface area contributed by atoms with E-state index < -0.39 is 0 Å². The van der Waals surface area contributed by atoms with Crippen molar-refractivity contribution in [3.05, 3.63) is 30.1 Å². The van der Waals surface area contributed by atoms with Gasteiger partial charge in [-0.05, 0) is 50.8 Å². The zero-order chi connectivity index (χ0) is 21.1. The lowest BCUT2D eigenvalue weighted by molar-refractivity contribution is 0.136. The van der Waals surface area contributed by atoms with Gasteiger partial charge in [0, 0.05) is 43.0 Å². The fourth-order valence-electron chi connectivity index (χ4n) is 4.62. The van der Waals surface area contributed by atoms with Crippen LogP contribution in [-0.4, -0.2) is 50.4 Å². The Bertz CT molecular complexity index is 1000. The lowest BCUT2D eigenvalue weighted by atomic mass is 9.97. The Labute approximate surface area is 175 Å². The first-order valence-electron chi connectivity index (χ1n) is 10.3. The maximum atomic E-state index is 8.93. The highest BCUT2D eigenvalue weighted by molar-refractivity contribution is 5.94. The molecule has 2 aliphatic rings. The van der Waals surface area contributed by atoms with E-state index in [-0.39, 0.29) is 11.8 Å². The number of aliphatic imine (C=N–C) groups is 1. The normalized spacial score (nSPS) is 24.7. The zero-order valence-corrected chi connectivity index (χ0v) is 17.1. The molecule has 156 valence electrons. The van der Waals surface area contributed by atoms with Crippen molar-refractivity contribution in [3.63, 3.8) is 0 Å². The van der Waals surface area contributed by atoms with Gasteiger partial charge >= 0.3 is 0 Å². The summed E-state index contributed by atoms with van der Waals surface area (Å²) in [7, 11) is 0. The number of piperidine rings is 1. The van der Waals surface area contributed by atoms with Crippen molar-refractivity contribution in [2.45, 2.75) is 57.2 Å². The molecule has 2 aromatic rings. The van der Waals surface area contributed by atoms with Crippen LogP contribution in [0.1, 0.15) is 39.0 Å². The summed E-state index contributed by atoms with van der Waals surface area (Å²) >= 11 is 0. The van der Waals surface area contributed by atoms with Crippen LogP contribution < -0.4 is 16.8 Å². The molecule has 3 atom stereocenters. The molecule has 2 saturated heterocycles. The molecular formula is C21H27N9. The highest BCUT2D eigenvalue weighted by atomic mass is 15.2. The predicted molar refractivity (Wildman–Crippen MR) is 117 cm³/mol. The summed E-state index contributed by atoms with van der Waals surface area (Å²) in [6.45, 7) is 2.61. The molecule has 0 amide bonds. The number of pyridine rings is 1. The van der Waals surface area contributed by atoms with Crippen LogP contribution in [0.5, 0.6) is 0 Å². The Morgan fingerprint density at radius 2 is 2.10 bits per heavy atom. The van der Waals surface area contributed by atoms with Crippen LogP contribution in [0, 0.1) is 11.3 Å². The maximum Gasteiger partial charge on any atom is 0.255 e. The van der Waals surface area contributed by atoms with E-state index in [1.807, 2.05) is 12.1 Å². The molecule has 0 radical (unpaired) electrons. The van der Waals surface area contributed by atoms with E-state index >= 15 is 0 Å². The van der Waals surface area contributed by atoms with Gasteiger partial charge < -0.3 is 16.8 Å². The number of hydrogen-bond donors (Lipinski definition) is 3. The van der Waals surface area contributed by atoms with Crippen molar-refractivity contribution in [1.82, 2.24) is 19.9 Å². The summed E-state index contributed by atoms with van der Waals surface area (Å²) in [5.74, 6) is 1.23. The average molecular weight is 406 g/mol. The molecule has 2 fully saturated rings. The topological polar surface area (TPSA) is 142 Å². The first kappa shape index (κ1) is 20.0. The van der Waals surface area contributed by atoms with Gasteiger partial charge in [-0.25, -0.2) is 4.98 Å². The van der Waals surface area contributed by atoms with E-state index in [0.717, 1.165) is 30.6 Å². The molecule has 0 saturated carbocycles. The minimum atomic E-state index is 0.250. The number of amidine groups is 1. The third kappa shape index (κ3) is 4.33. The molecular weight excluding hydrogens is 378 g/mol. The zero-order valence-electron chi connectivity index (χ0n) is 17.1. The van der Waals surface area contributed by atoms with Crippen molar-refractivity contribution in [2.24, 2.45) is 16.5 Å². The van der Waals surface area contributed by atoms with E-state index in [2.05, 4.69) is 36.2 Å². The van der Waals surface area contributed by atoms with E-state index in [1.54, 1.807) is 19.2 Å². The quantitative estimate of drug-likeness (QED) is 0.490. The largest absolute Gasteiger partial charge is 0.402 e. The van der Waals surface area contributed by atoms with Crippen molar-refractivity contribution in [3.8, 4) is 6.07 Å². The smallest absolute Gasteiger partial charge is 0.255 e. The van der Waals surface area contributed by atoms with E-state index in [1.165, 1.54) is 12.8 Å².